The van der Waals surface area contributed by atoms with Crippen molar-refractivity contribution in [2.45, 2.75) is 26.2 Å². The third kappa shape index (κ3) is 4.56. The largest absolute Gasteiger partial charge is 0.492 e. The number of likely N-dealkylation sites (tertiary alicyclic amines) is 1. The Kier molecular flexibility index (Phi) is 5.76. The van der Waals surface area contributed by atoms with Gasteiger partial charge in [0, 0.05) is 30.6 Å². The second-order valence-corrected chi connectivity index (χ2v) is 8.21. The molecule has 2 heterocycles. The van der Waals surface area contributed by atoms with Gasteiger partial charge in [-0.1, -0.05) is 17.7 Å². The lowest BCUT2D eigenvalue weighted by atomic mass is 9.96. The van der Waals surface area contributed by atoms with Crippen LogP contribution >= 0.6 is 11.6 Å². The number of benzene rings is 2. The summed E-state index contributed by atoms with van der Waals surface area (Å²) in [6.07, 6.45) is 2.11. The third-order valence-corrected chi connectivity index (χ3v) is 5.84. The molecular formula is C23H24ClNO4. The first-order valence-corrected chi connectivity index (χ1v) is 10.3. The van der Waals surface area contributed by atoms with Gasteiger partial charge in [-0.15, -0.1) is 0 Å². The van der Waals surface area contributed by atoms with Gasteiger partial charge in [0.05, 0.1) is 11.6 Å². The van der Waals surface area contributed by atoms with Crippen LogP contribution < -0.4 is 9.47 Å². The van der Waals surface area contributed by atoms with E-state index in [1.54, 1.807) is 18.2 Å². The van der Waals surface area contributed by atoms with Gasteiger partial charge in [-0.25, -0.2) is 0 Å². The summed E-state index contributed by atoms with van der Waals surface area (Å²) in [6.45, 7) is 4.10. The third-order valence-electron chi connectivity index (χ3n) is 5.55. The molecule has 6 heteroatoms. The number of carbonyl (C=O) groups is 2. The summed E-state index contributed by atoms with van der Waals surface area (Å²) in [4.78, 5) is 26.4. The van der Waals surface area contributed by atoms with E-state index in [0.29, 0.717) is 54.1 Å². The molecule has 2 aliphatic heterocycles. The van der Waals surface area contributed by atoms with Crippen molar-refractivity contribution in [2.24, 2.45) is 5.92 Å². The number of fused-ring (bicyclic) bond motifs is 1. The number of aryl methyl sites for hydroxylation is 1. The minimum absolute atomic E-state index is 0.00627. The number of carbonyl (C=O) groups excluding carboxylic acids is 2. The van der Waals surface area contributed by atoms with E-state index in [2.05, 4.69) is 0 Å². The molecule has 4 rings (SSSR count). The number of piperidine rings is 1. The fourth-order valence-corrected chi connectivity index (χ4v) is 4.12. The van der Waals surface area contributed by atoms with Gasteiger partial charge < -0.3 is 14.4 Å². The van der Waals surface area contributed by atoms with E-state index in [1.807, 2.05) is 30.0 Å². The maximum atomic E-state index is 12.9. The molecule has 0 saturated carbocycles. The standard InChI is InChI=1S/C23H24ClNO4/c1-15-2-4-22(20(24)10-15)28-13-16-6-8-25(9-7-16)23(27)17-3-5-21-18(11-17)12-19(26)14-29-21/h2-5,10-11,16H,6-9,12-14H2,1H3. The van der Waals surface area contributed by atoms with Crippen LogP contribution in [0.25, 0.3) is 0 Å². The van der Waals surface area contributed by atoms with Crippen LogP contribution in [0, 0.1) is 12.8 Å². The average molecular weight is 414 g/mol. The van der Waals surface area contributed by atoms with Crippen molar-refractivity contribution in [1.29, 1.82) is 0 Å². The van der Waals surface area contributed by atoms with E-state index < -0.39 is 0 Å². The van der Waals surface area contributed by atoms with Gasteiger partial charge in [0.2, 0.25) is 0 Å². The van der Waals surface area contributed by atoms with E-state index in [1.165, 1.54) is 0 Å². The van der Waals surface area contributed by atoms with Gasteiger partial charge in [0.1, 0.15) is 18.1 Å². The van der Waals surface area contributed by atoms with Gasteiger partial charge in [0.15, 0.2) is 5.78 Å². The molecule has 0 aromatic heterocycles. The quantitative estimate of drug-likeness (QED) is 0.757. The Balaban J connectivity index is 1.32. The molecule has 29 heavy (non-hydrogen) atoms. The van der Waals surface area contributed by atoms with Gasteiger partial charge in [0.25, 0.3) is 5.91 Å². The lowest BCUT2D eigenvalue weighted by Crippen LogP contribution is -2.39. The van der Waals surface area contributed by atoms with Crippen molar-refractivity contribution in [1.82, 2.24) is 4.90 Å². The van der Waals surface area contributed by atoms with Crippen molar-refractivity contribution >= 4 is 23.3 Å². The summed E-state index contributed by atoms with van der Waals surface area (Å²) in [5, 5.41) is 0.632. The van der Waals surface area contributed by atoms with E-state index in [0.717, 1.165) is 24.0 Å². The summed E-state index contributed by atoms with van der Waals surface area (Å²) in [5.41, 5.74) is 2.51. The molecule has 0 N–H and O–H groups in total. The number of amides is 1. The number of ketones is 1. The van der Waals surface area contributed by atoms with Gasteiger partial charge in [-0.2, -0.15) is 0 Å². The van der Waals surface area contributed by atoms with Crippen molar-refractivity contribution in [3.8, 4) is 11.5 Å². The van der Waals surface area contributed by atoms with Crippen LogP contribution in [0.4, 0.5) is 0 Å². The van der Waals surface area contributed by atoms with Gasteiger partial charge >= 0.3 is 0 Å². The van der Waals surface area contributed by atoms with E-state index in [9.17, 15) is 9.59 Å². The fraction of sp³-hybridized carbons (Fsp3) is 0.391. The number of Topliss-reactive ketones (excluding diaryl/α,β-unsaturated/α-hetero) is 1. The number of rotatable bonds is 4. The molecule has 5 nitrogen and oxygen atoms in total. The lowest BCUT2D eigenvalue weighted by Gasteiger charge is -2.32. The summed E-state index contributed by atoms with van der Waals surface area (Å²) in [5.74, 6) is 1.85. The Morgan fingerprint density at radius 2 is 2.00 bits per heavy atom. The average Bonchev–Trinajstić information content (AvgIpc) is 2.72. The molecule has 0 bridgehead atoms. The molecule has 0 spiro atoms. The van der Waals surface area contributed by atoms with Crippen LogP contribution in [0.15, 0.2) is 36.4 Å². The van der Waals surface area contributed by atoms with Crippen molar-refractivity contribution in [3.05, 3.63) is 58.1 Å². The maximum absolute atomic E-state index is 12.9. The van der Waals surface area contributed by atoms with Crippen LogP contribution in [0.5, 0.6) is 11.5 Å². The fourth-order valence-electron chi connectivity index (χ4n) is 3.83. The summed E-state index contributed by atoms with van der Waals surface area (Å²) in [7, 11) is 0. The van der Waals surface area contributed by atoms with E-state index in [-0.39, 0.29) is 18.3 Å². The van der Waals surface area contributed by atoms with Crippen LogP contribution in [-0.4, -0.2) is 42.9 Å². The van der Waals surface area contributed by atoms with E-state index in [4.69, 9.17) is 21.1 Å². The molecule has 0 atom stereocenters. The zero-order valence-electron chi connectivity index (χ0n) is 16.4. The highest BCUT2D eigenvalue weighted by atomic mass is 35.5. The van der Waals surface area contributed by atoms with Crippen LogP contribution in [-0.2, 0) is 11.2 Å². The normalized spacial score (nSPS) is 16.9. The minimum Gasteiger partial charge on any atom is -0.492 e. The molecule has 1 saturated heterocycles. The monoisotopic (exact) mass is 413 g/mol. The highest BCUT2D eigenvalue weighted by molar-refractivity contribution is 6.32. The van der Waals surface area contributed by atoms with Crippen molar-refractivity contribution in [2.75, 3.05) is 26.3 Å². The zero-order valence-corrected chi connectivity index (χ0v) is 17.2. The number of hydrogen-bond donors (Lipinski definition) is 0. The SMILES string of the molecule is Cc1ccc(OCC2CCN(C(=O)c3ccc4c(c3)CC(=O)CO4)CC2)c(Cl)c1. The molecule has 2 aromatic carbocycles. The Morgan fingerprint density at radius 1 is 1.21 bits per heavy atom. The predicted molar refractivity (Wildman–Crippen MR) is 111 cm³/mol. The summed E-state index contributed by atoms with van der Waals surface area (Å²) >= 11 is 6.23. The highest BCUT2D eigenvalue weighted by Crippen LogP contribution is 2.28. The highest BCUT2D eigenvalue weighted by Gasteiger charge is 2.26. The Morgan fingerprint density at radius 3 is 2.76 bits per heavy atom. The first kappa shape index (κ1) is 19.8. The number of ether oxygens (including phenoxy) is 2. The lowest BCUT2D eigenvalue weighted by molar-refractivity contribution is -0.121. The molecule has 1 fully saturated rings. The van der Waals surface area contributed by atoms with Crippen LogP contribution in [0.1, 0.15) is 34.3 Å². The topological polar surface area (TPSA) is 55.8 Å². The molecule has 152 valence electrons. The number of nitrogens with zero attached hydrogens (tertiary/aromatic N) is 1. The van der Waals surface area contributed by atoms with Gasteiger partial charge in [-0.3, -0.25) is 9.59 Å². The van der Waals surface area contributed by atoms with Crippen molar-refractivity contribution < 1.29 is 19.1 Å². The van der Waals surface area contributed by atoms with E-state index >= 15 is 0 Å². The zero-order chi connectivity index (χ0) is 20.4. The predicted octanol–water partition coefficient (Wildman–Crippen LogP) is 4.08. The number of hydrogen-bond acceptors (Lipinski definition) is 4. The second-order valence-electron chi connectivity index (χ2n) is 7.81. The summed E-state index contributed by atoms with van der Waals surface area (Å²) < 4.78 is 11.3. The first-order valence-electron chi connectivity index (χ1n) is 9.95. The molecule has 2 aliphatic rings. The molecule has 2 aromatic rings. The van der Waals surface area contributed by atoms with Gasteiger partial charge in [-0.05, 0) is 61.6 Å². The Bertz CT molecular complexity index is 934. The Labute approximate surface area is 175 Å². The Hall–Kier alpha value is -2.53. The molecule has 0 radical (unpaired) electrons. The first-order chi connectivity index (χ1) is 14.0. The van der Waals surface area contributed by atoms with Crippen LogP contribution in [0.2, 0.25) is 5.02 Å². The molecule has 1 amide bonds. The number of halogens is 1. The minimum atomic E-state index is 0.00627. The summed E-state index contributed by atoms with van der Waals surface area (Å²) in [6, 6.07) is 11.2. The molecule has 0 aliphatic carbocycles. The molecule has 0 unspecified atom stereocenters. The smallest absolute Gasteiger partial charge is 0.253 e. The second kappa shape index (κ2) is 8.46. The maximum Gasteiger partial charge on any atom is 0.253 e. The van der Waals surface area contributed by atoms with Crippen LogP contribution in [0.3, 0.4) is 0 Å². The molecular weight excluding hydrogens is 390 g/mol. The van der Waals surface area contributed by atoms with Crippen molar-refractivity contribution in [3.63, 3.8) is 0 Å².